The van der Waals surface area contributed by atoms with Crippen molar-refractivity contribution in [1.29, 1.82) is 0 Å². The number of H-pyrrole nitrogens is 1. The molecule has 0 spiro atoms. The van der Waals surface area contributed by atoms with E-state index in [0.29, 0.717) is 18.2 Å². The van der Waals surface area contributed by atoms with Gasteiger partial charge in [-0.25, -0.2) is 9.97 Å². The predicted molar refractivity (Wildman–Crippen MR) is 153 cm³/mol. The Labute approximate surface area is 220 Å². The Kier molecular flexibility index (Phi) is 7.21. The minimum absolute atomic E-state index is 0.149. The second-order valence-corrected chi connectivity index (χ2v) is 10.4. The summed E-state index contributed by atoms with van der Waals surface area (Å²) in [5.74, 6) is 2.06. The smallest absolute Gasteiger partial charge is 0.150 e. The summed E-state index contributed by atoms with van der Waals surface area (Å²) in [4.78, 5) is 27.0. The lowest BCUT2D eigenvalue weighted by Crippen LogP contribution is -2.29. The van der Waals surface area contributed by atoms with Crippen LogP contribution in [-0.2, 0) is 11.2 Å². The lowest BCUT2D eigenvalue weighted by molar-refractivity contribution is -0.116. The number of anilines is 1. The molecular formula is C29H32N6OS. The summed E-state index contributed by atoms with van der Waals surface area (Å²) in [6.07, 6.45) is 8.11. The number of carbonyl (C=O) groups is 1. The molecule has 6 rings (SSSR count). The highest BCUT2D eigenvalue weighted by atomic mass is 32.1. The molecule has 0 amide bonds. The van der Waals surface area contributed by atoms with Crippen LogP contribution in [0.4, 0.5) is 5.82 Å². The van der Waals surface area contributed by atoms with Gasteiger partial charge in [0, 0.05) is 35.6 Å². The highest BCUT2D eigenvalue weighted by Gasteiger charge is 2.26. The Morgan fingerprint density at radius 2 is 2.11 bits per heavy atom. The van der Waals surface area contributed by atoms with Gasteiger partial charge in [-0.3, -0.25) is 9.20 Å². The fraction of sp³-hybridized carbons (Fsp3) is 0.276. The average Bonchev–Trinajstić information content (AvgIpc) is 3.64. The van der Waals surface area contributed by atoms with Crippen LogP contribution in [-0.4, -0.2) is 50.2 Å². The van der Waals surface area contributed by atoms with Gasteiger partial charge in [-0.2, -0.15) is 11.3 Å². The molecule has 0 atom stereocenters. The first-order chi connectivity index (χ1) is 17.9. The van der Waals surface area contributed by atoms with Crippen molar-refractivity contribution in [3.05, 3.63) is 77.0 Å². The van der Waals surface area contributed by atoms with Crippen molar-refractivity contribution >= 4 is 45.4 Å². The number of nitrogen functional groups attached to an aromatic ring is 1. The van der Waals surface area contributed by atoms with Crippen LogP contribution in [0.3, 0.4) is 0 Å². The Balaban J connectivity index is 0.000000348. The van der Waals surface area contributed by atoms with Gasteiger partial charge in [0.15, 0.2) is 0 Å². The van der Waals surface area contributed by atoms with Gasteiger partial charge in [-0.15, -0.1) is 0 Å². The summed E-state index contributed by atoms with van der Waals surface area (Å²) in [5.41, 5.74) is 12.1. The van der Waals surface area contributed by atoms with Gasteiger partial charge < -0.3 is 15.6 Å². The highest BCUT2D eigenvalue weighted by Crippen LogP contribution is 2.35. The molecule has 1 fully saturated rings. The normalized spacial score (nSPS) is 14.5. The van der Waals surface area contributed by atoms with E-state index in [2.05, 4.69) is 44.3 Å². The molecule has 3 N–H and O–H groups in total. The molecule has 7 nitrogen and oxygen atoms in total. The first-order valence-corrected chi connectivity index (χ1v) is 13.4. The van der Waals surface area contributed by atoms with E-state index in [9.17, 15) is 4.79 Å². The molecule has 1 aliphatic rings. The number of aromatic amines is 1. The molecule has 1 aliphatic heterocycles. The van der Waals surface area contributed by atoms with Crippen molar-refractivity contribution in [2.45, 2.75) is 32.1 Å². The fourth-order valence-corrected chi connectivity index (χ4v) is 5.63. The number of carbonyl (C=O) groups excluding carboxylic acids is 1. The molecular weight excluding hydrogens is 480 g/mol. The molecule has 0 saturated carbocycles. The number of likely N-dealkylation sites (tertiary alicyclic amines) is 1. The number of aromatic nitrogens is 4. The minimum Gasteiger partial charge on any atom is -0.382 e. The zero-order chi connectivity index (χ0) is 25.9. The summed E-state index contributed by atoms with van der Waals surface area (Å²) < 4.78 is 2.11. The van der Waals surface area contributed by atoms with E-state index in [1.54, 1.807) is 24.5 Å². The number of fused-ring (bicyclic) bond motifs is 2. The summed E-state index contributed by atoms with van der Waals surface area (Å²) in [5, 5.41) is 5.15. The number of nitrogens with one attached hydrogen (secondary N) is 1. The number of ketones is 1. The largest absolute Gasteiger partial charge is 0.382 e. The topological polar surface area (TPSA) is 92.3 Å². The van der Waals surface area contributed by atoms with Crippen LogP contribution in [0.1, 0.15) is 42.6 Å². The zero-order valence-electron chi connectivity index (χ0n) is 21.3. The number of imidazole rings is 1. The number of nitrogens with two attached hydrogens (primary N) is 1. The van der Waals surface area contributed by atoms with E-state index in [1.807, 2.05) is 41.9 Å². The Hall–Kier alpha value is -3.75. The lowest BCUT2D eigenvalue weighted by atomic mass is 9.96. The third-order valence-electron chi connectivity index (χ3n) is 6.92. The molecule has 1 aromatic carbocycles. The van der Waals surface area contributed by atoms with Gasteiger partial charge in [-0.1, -0.05) is 24.8 Å². The third-order valence-corrected chi connectivity index (χ3v) is 7.62. The lowest BCUT2D eigenvalue weighted by Gasteiger charge is -2.28. The van der Waals surface area contributed by atoms with Gasteiger partial charge in [0.2, 0.25) is 0 Å². The Morgan fingerprint density at radius 3 is 2.78 bits per heavy atom. The second-order valence-electron chi connectivity index (χ2n) is 9.63. The molecule has 190 valence electrons. The first kappa shape index (κ1) is 24.9. The van der Waals surface area contributed by atoms with E-state index in [4.69, 9.17) is 10.7 Å². The highest BCUT2D eigenvalue weighted by molar-refractivity contribution is 7.08. The van der Waals surface area contributed by atoms with Crippen LogP contribution in [0, 0.1) is 0 Å². The van der Waals surface area contributed by atoms with E-state index in [-0.39, 0.29) is 5.78 Å². The summed E-state index contributed by atoms with van der Waals surface area (Å²) in [7, 11) is 2.16. The van der Waals surface area contributed by atoms with Crippen molar-refractivity contribution in [3.8, 4) is 11.4 Å². The maximum Gasteiger partial charge on any atom is 0.150 e. The van der Waals surface area contributed by atoms with Crippen LogP contribution in [0.2, 0.25) is 0 Å². The van der Waals surface area contributed by atoms with Crippen LogP contribution < -0.4 is 5.73 Å². The van der Waals surface area contributed by atoms with E-state index in [1.165, 1.54) is 5.56 Å². The SMILES string of the molecule is C=Cc1ccsc1.CC(=O)Cc1cccc2[nH]c(-c3nc(C4CCN(C)CC4)n4ccnc(N)c34)cc12. The Bertz CT molecular complexity index is 1540. The molecule has 8 heteroatoms. The van der Waals surface area contributed by atoms with Crippen molar-refractivity contribution in [2.75, 3.05) is 25.9 Å². The van der Waals surface area contributed by atoms with E-state index in [0.717, 1.165) is 65.1 Å². The molecule has 5 heterocycles. The number of benzene rings is 1. The number of Topliss-reactive ketones (excluding diaryl/α,β-unsaturated/α-hetero) is 1. The molecule has 37 heavy (non-hydrogen) atoms. The molecule has 0 radical (unpaired) electrons. The van der Waals surface area contributed by atoms with Crippen LogP contribution in [0.5, 0.6) is 0 Å². The monoisotopic (exact) mass is 512 g/mol. The van der Waals surface area contributed by atoms with Gasteiger partial charge in [0.25, 0.3) is 0 Å². The van der Waals surface area contributed by atoms with Gasteiger partial charge in [-0.05, 0) is 80.0 Å². The molecule has 1 saturated heterocycles. The Morgan fingerprint density at radius 1 is 1.30 bits per heavy atom. The van der Waals surface area contributed by atoms with Gasteiger partial charge in [0.05, 0.1) is 5.69 Å². The van der Waals surface area contributed by atoms with Gasteiger partial charge in [0.1, 0.15) is 28.6 Å². The van der Waals surface area contributed by atoms with Crippen molar-refractivity contribution < 1.29 is 4.79 Å². The number of thiophene rings is 1. The molecule has 0 aliphatic carbocycles. The van der Waals surface area contributed by atoms with Crippen molar-refractivity contribution in [2.24, 2.45) is 0 Å². The molecule has 0 unspecified atom stereocenters. The van der Waals surface area contributed by atoms with Gasteiger partial charge >= 0.3 is 0 Å². The van der Waals surface area contributed by atoms with Crippen LogP contribution in [0.15, 0.2) is 60.1 Å². The van der Waals surface area contributed by atoms with Crippen LogP contribution in [0.25, 0.3) is 33.9 Å². The maximum atomic E-state index is 11.7. The standard InChI is InChI=1S/C23H26N6O.C6H6S/c1-14(30)12-16-4-3-5-18-17(16)13-19(26-18)20-21-22(24)25-8-11-29(21)23(27-20)15-6-9-28(2)10-7-15;1-2-6-3-4-7-5-6/h3-5,8,11,13,15,26H,6-7,9-10,12H2,1-2H3,(H2,24,25);2-5H,1H2. The van der Waals surface area contributed by atoms with E-state index >= 15 is 0 Å². The zero-order valence-corrected chi connectivity index (χ0v) is 22.1. The predicted octanol–water partition coefficient (Wildman–Crippen LogP) is 5.79. The van der Waals surface area contributed by atoms with Crippen LogP contribution >= 0.6 is 11.3 Å². The van der Waals surface area contributed by atoms with Crippen molar-refractivity contribution in [1.82, 2.24) is 24.3 Å². The second kappa shape index (κ2) is 10.7. The average molecular weight is 513 g/mol. The third kappa shape index (κ3) is 5.21. The summed E-state index contributed by atoms with van der Waals surface area (Å²) in [6.45, 7) is 7.36. The minimum atomic E-state index is 0.149. The molecule has 4 aromatic heterocycles. The molecule has 5 aromatic rings. The molecule has 0 bridgehead atoms. The van der Waals surface area contributed by atoms with E-state index < -0.39 is 0 Å². The number of nitrogens with zero attached hydrogens (tertiary/aromatic N) is 4. The van der Waals surface area contributed by atoms with Crippen molar-refractivity contribution in [3.63, 3.8) is 0 Å². The quantitative estimate of drug-likeness (QED) is 0.311. The number of piperidine rings is 1. The summed E-state index contributed by atoms with van der Waals surface area (Å²) in [6, 6.07) is 10.1. The number of hydrogen-bond acceptors (Lipinski definition) is 6. The number of rotatable bonds is 5. The number of hydrogen-bond donors (Lipinski definition) is 2. The fourth-order valence-electron chi connectivity index (χ4n) is 4.99. The maximum absolute atomic E-state index is 11.7. The summed E-state index contributed by atoms with van der Waals surface area (Å²) >= 11 is 1.69. The first-order valence-electron chi connectivity index (χ1n) is 12.5.